The number of hydrogen-bond acceptors (Lipinski definition) is 9. The predicted octanol–water partition coefficient (Wildman–Crippen LogP) is 1.74. The number of thiophene rings is 1. The Kier molecular flexibility index (Phi) is 10.3. The van der Waals surface area contributed by atoms with Crippen LogP contribution in [-0.2, 0) is 27.2 Å². The molecule has 0 amide bonds. The van der Waals surface area contributed by atoms with Crippen LogP contribution < -0.4 is 5.56 Å². The molecule has 172 valence electrons. The van der Waals surface area contributed by atoms with Crippen LogP contribution in [0, 0.1) is 0 Å². The van der Waals surface area contributed by atoms with Crippen molar-refractivity contribution in [2.24, 2.45) is 0 Å². The number of aromatic amines is 1. The van der Waals surface area contributed by atoms with E-state index in [1.54, 1.807) is 13.2 Å². The van der Waals surface area contributed by atoms with Gasteiger partial charge in [-0.3, -0.25) is 9.69 Å². The van der Waals surface area contributed by atoms with E-state index in [-0.39, 0.29) is 12.2 Å². The van der Waals surface area contributed by atoms with Gasteiger partial charge in [-0.05, 0) is 18.4 Å². The molecule has 2 aromatic heterocycles. The standard InChI is InChI=1S/C21H31N3O6S/c1-5-9-30-13-14(25)11-24(8-7-10-28-3)12-16-22-19(26)17-15(6-2)18(21(27)29-4)31-20(17)23-16/h5,14,25H,1,6-13H2,2-4H3,(H,22,23,26)/t14-/m0/s1. The Hall–Kier alpha value is -2.11. The lowest BCUT2D eigenvalue weighted by molar-refractivity contribution is 0.0225. The number of fused-ring (bicyclic) bond motifs is 1. The number of rotatable bonds is 14. The van der Waals surface area contributed by atoms with Gasteiger partial charge < -0.3 is 24.3 Å². The molecule has 31 heavy (non-hydrogen) atoms. The fourth-order valence-electron chi connectivity index (χ4n) is 3.30. The van der Waals surface area contributed by atoms with Gasteiger partial charge in [0.15, 0.2) is 0 Å². The number of ether oxygens (including phenoxy) is 3. The van der Waals surface area contributed by atoms with Gasteiger partial charge in [0.1, 0.15) is 15.5 Å². The Labute approximate surface area is 185 Å². The Morgan fingerprint density at radius 2 is 2.19 bits per heavy atom. The lowest BCUT2D eigenvalue weighted by Crippen LogP contribution is -2.36. The summed E-state index contributed by atoms with van der Waals surface area (Å²) in [4.78, 5) is 35.2. The molecule has 2 rings (SSSR count). The van der Waals surface area contributed by atoms with Gasteiger partial charge in [-0.2, -0.15) is 0 Å². The van der Waals surface area contributed by atoms with Gasteiger partial charge in [0.25, 0.3) is 5.56 Å². The maximum absolute atomic E-state index is 12.8. The van der Waals surface area contributed by atoms with Crippen LogP contribution in [0.1, 0.15) is 34.4 Å². The van der Waals surface area contributed by atoms with Crippen molar-refractivity contribution < 1.29 is 24.1 Å². The van der Waals surface area contributed by atoms with E-state index in [0.717, 1.165) is 17.8 Å². The summed E-state index contributed by atoms with van der Waals surface area (Å²) in [5, 5.41) is 10.7. The number of aromatic nitrogens is 2. The van der Waals surface area contributed by atoms with Crippen molar-refractivity contribution in [2.45, 2.75) is 32.4 Å². The molecule has 0 saturated heterocycles. The highest BCUT2D eigenvalue weighted by molar-refractivity contribution is 7.20. The van der Waals surface area contributed by atoms with Crippen molar-refractivity contribution in [3.63, 3.8) is 0 Å². The molecule has 0 fully saturated rings. The van der Waals surface area contributed by atoms with Crippen molar-refractivity contribution in [2.75, 3.05) is 47.1 Å². The number of carbonyl (C=O) groups is 1. The molecule has 0 spiro atoms. The van der Waals surface area contributed by atoms with Crippen LogP contribution >= 0.6 is 11.3 Å². The number of nitrogens with one attached hydrogen (secondary N) is 1. The van der Waals surface area contributed by atoms with Crippen LogP contribution in [0.15, 0.2) is 17.4 Å². The van der Waals surface area contributed by atoms with Crippen LogP contribution in [0.5, 0.6) is 0 Å². The second kappa shape index (κ2) is 12.7. The minimum atomic E-state index is -0.697. The number of H-pyrrole nitrogens is 1. The number of carbonyl (C=O) groups excluding carboxylic acids is 1. The molecule has 2 aromatic rings. The Morgan fingerprint density at radius 3 is 2.84 bits per heavy atom. The molecule has 10 heteroatoms. The summed E-state index contributed by atoms with van der Waals surface area (Å²) in [6.45, 7) is 7.93. The summed E-state index contributed by atoms with van der Waals surface area (Å²) in [5.41, 5.74) is 0.369. The second-order valence-electron chi connectivity index (χ2n) is 7.01. The van der Waals surface area contributed by atoms with Gasteiger partial charge in [-0.1, -0.05) is 13.0 Å². The average Bonchev–Trinajstić information content (AvgIpc) is 3.12. The van der Waals surface area contributed by atoms with E-state index >= 15 is 0 Å². The van der Waals surface area contributed by atoms with Gasteiger partial charge in [-0.15, -0.1) is 17.9 Å². The molecule has 0 aromatic carbocycles. The molecule has 2 heterocycles. The summed E-state index contributed by atoms with van der Waals surface area (Å²) < 4.78 is 15.3. The summed E-state index contributed by atoms with van der Waals surface area (Å²) in [7, 11) is 2.95. The smallest absolute Gasteiger partial charge is 0.348 e. The Bertz CT molecular complexity index is 926. The van der Waals surface area contributed by atoms with Gasteiger partial charge in [0.2, 0.25) is 0 Å². The van der Waals surface area contributed by atoms with E-state index in [4.69, 9.17) is 14.2 Å². The van der Waals surface area contributed by atoms with E-state index in [9.17, 15) is 14.7 Å². The maximum atomic E-state index is 12.8. The molecule has 0 aliphatic rings. The van der Waals surface area contributed by atoms with E-state index in [2.05, 4.69) is 16.5 Å². The minimum Gasteiger partial charge on any atom is -0.465 e. The highest BCUT2D eigenvalue weighted by atomic mass is 32.1. The fourth-order valence-corrected chi connectivity index (χ4v) is 4.50. The van der Waals surface area contributed by atoms with Crippen LogP contribution in [0.4, 0.5) is 0 Å². The third-order valence-electron chi connectivity index (χ3n) is 4.65. The van der Waals surface area contributed by atoms with Gasteiger partial charge in [-0.25, -0.2) is 9.78 Å². The van der Waals surface area contributed by atoms with E-state index < -0.39 is 12.1 Å². The first-order chi connectivity index (χ1) is 14.9. The highest BCUT2D eigenvalue weighted by Crippen LogP contribution is 2.29. The molecule has 0 unspecified atom stereocenters. The zero-order valence-electron chi connectivity index (χ0n) is 18.3. The van der Waals surface area contributed by atoms with Crippen LogP contribution in [0.2, 0.25) is 0 Å². The molecule has 0 bridgehead atoms. The van der Waals surface area contributed by atoms with Crippen LogP contribution in [0.3, 0.4) is 0 Å². The summed E-state index contributed by atoms with van der Waals surface area (Å²) in [6.07, 6.45) is 2.21. The molecular formula is C21H31N3O6S. The molecule has 0 aliphatic heterocycles. The van der Waals surface area contributed by atoms with Crippen molar-refractivity contribution >= 4 is 27.5 Å². The topological polar surface area (TPSA) is 114 Å². The van der Waals surface area contributed by atoms with E-state index in [1.165, 1.54) is 7.11 Å². The zero-order chi connectivity index (χ0) is 22.8. The molecule has 0 radical (unpaired) electrons. The van der Waals surface area contributed by atoms with E-state index in [0.29, 0.717) is 65.8 Å². The SMILES string of the molecule is C=CCOC[C@@H](O)CN(CCCOC)Cc1nc2sc(C(=O)OC)c(CC)c2c(=O)[nH]1. The van der Waals surface area contributed by atoms with Crippen molar-refractivity contribution in [1.29, 1.82) is 0 Å². The average molecular weight is 454 g/mol. The number of esters is 1. The normalized spacial score (nSPS) is 12.4. The Balaban J connectivity index is 2.26. The number of nitrogens with zero attached hydrogens (tertiary/aromatic N) is 2. The lowest BCUT2D eigenvalue weighted by atomic mass is 10.1. The molecule has 1 atom stereocenters. The van der Waals surface area contributed by atoms with Gasteiger partial charge >= 0.3 is 5.97 Å². The Morgan fingerprint density at radius 1 is 1.42 bits per heavy atom. The molecular weight excluding hydrogens is 422 g/mol. The summed E-state index contributed by atoms with van der Waals surface area (Å²) in [6, 6.07) is 0. The van der Waals surface area contributed by atoms with E-state index in [1.807, 2.05) is 11.8 Å². The summed E-state index contributed by atoms with van der Waals surface area (Å²) >= 11 is 1.16. The number of aryl methyl sites for hydroxylation is 1. The summed E-state index contributed by atoms with van der Waals surface area (Å²) in [5.74, 6) is -0.000848. The van der Waals surface area contributed by atoms with Gasteiger partial charge in [0, 0.05) is 26.8 Å². The fraction of sp³-hybridized carbons (Fsp3) is 0.571. The number of methoxy groups -OCH3 is 2. The van der Waals surface area contributed by atoms with Crippen molar-refractivity contribution in [1.82, 2.24) is 14.9 Å². The van der Waals surface area contributed by atoms with Crippen LogP contribution in [0.25, 0.3) is 10.2 Å². The highest BCUT2D eigenvalue weighted by Gasteiger charge is 2.22. The predicted molar refractivity (Wildman–Crippen MR) is 120 cm³/mol. The number of aliphatic hydroxyl groups excluding tert-OH is 1. The second-order valence-corrected chi connectivity index (χ2v) is 8.01. The first kappa shape index (κ1) is 25.2. The molecule has 2 N–H and O–H groups in total. The lowest BCUT2D eigenvalue weighted by Gasteiger charge is -2.24. The van der Waals surface area contributed by atoms with Crippen molar-refractivity contribution in [3.05, 3.63) is 39.3 Å². The quantitative estimate of drug-likeness (QED) is 0.253. The van der Waals surface area contributed by atoms with Crippen molar-refractivity contribution in [3.8, 4) is 0 Å². The van der Waals surface area contributed by atoms with Crippen LogP contribution in [-0.4, -0.2) is 79.2 Å². The minimum absolute atomic E-state index is 0.184. The maximum Gasteiger partial charge on any atom is 0.348 e. The largest absolute Gasteiger partial charge is 0.465 e. The molecule has 0 saturated carbocycles. The first-order valence-corrected chi connectivity index (χ1v) is 11.0. The number of aliphatic hydroxyl groups is 1. The monoisotopic (exact) mass is 453 g/mol. The third-order valence-corrected chi connectivity index (χ3v) is 5.75. The zero-order valence-corrected chi connectivity index (χ0v) is 19.1. The third kappa shape index (κ3) is 6.94. The first-order valence-electron chi connectivity index (χ1n) is 10.2. The van der Waals surface area contributed by atoms with Gasteiger partial charge in [0.05, 0.1) is 38.4 Å². The molecule has 0 aliphatic carbocycles. The molecule has 9 nitrogen and oxygen atoms in total. The number of hydrogen-bond donors (Lipinski definition) is 2.